The summed E-state index contributed by atoms with van der Waals surface area (Å²) in [6, 6.07) is 6.59. The Hall–Kier alpha value is -1.88. The van der Waals surface area contributed by atoms with E-state index in [1.807, 2.05) is 12.1 Å². The lowest BCUT2D eigenvalue weighted by atomic mass is 9.98. The van der Waals surface area contributed by atoms with Crippen molar-refractivity contribution in [1.82, 2.24) is 4.90 Å². The molecule has 1 saturated heterocycles. The Morgan fingerprint density at radius 3 is 2.75 bits per heavy atom. The number of nitrogens with two attached hydrogens (primary N) is 1. The molecule has 0 aliphatic carbocycles. The van der Waals surface area contributed by atoms with Crippen LogP contribution in [0.2, 0.25) is 0 Å². The van der Waals surface area contributed by atoms with Gasteiger partial charge in [-0.1, -0.05) is 18.2 Å². The fourth-order valence-corrected chi connectivity index (χ4v) is 2.69. The first-order valence-corrected chi connectivity index (χ1v) is 6.97. The number of nitrogens with zero attached hydrogens (tertiary/aromatic N) is 1. The molecule has 1 amide bonds. The topological polar surface area (TPSA) is 83.6 Å². The average molecular weight is 276 g/mol. The molecule has 1 aliphatic heterocycles. The van der Waals surface area contributed by atoms with Gasteiger partial charge < -0.3 is 15.7 Å². The van der Waals surface area contributed by atoms with E-state index in [4.69, 9.17) is 5.73 Å². The second-order valence-electron chi connectivity index (χ2n) is 5.04. The van der Waals surface area contributed by atoms with Gasteiger partial charge in [0.2, 0.25) is 0 Å². The van der Waals surface area contributed by atoms with Crippen molar-refractivity contribution in [3.8, 4) is 0 Å². The quantitative estimate of drug-likeness (QED) is 0.867. The lowest BCUT2D eigenvalue weighted by molar-refractivity contribution is -0.143. The number of benzene rings is 1. The van der Waals surface area contributed by atoms with E-state index in [2.05, 4.69) is 0 Å². The highest BCUT2D eigenvalue weighted by atomic mass is 16.4. The molecule has 5 nitrogen and oxygen atoms in total. The van der Waals surface area contributed by atoms with E-state index in [-0.39, 0.29) is 5.91 Å². The van der Waals surface area contributed by atoms with Gasteiger partial charge >= 0.3 is 5.97 Å². The fourth-order valence-electron chi connectivity index (χ4n) is 2.69. The first-order valence-electron chi connectivity index (χ1n) is 6.97. The van der Waals surface area contributed by atoms with Gasteiger partial charge in [-0.2, -0.15) is 0 Å². The summed E-state index contributed by atoms with van der Waals surface area (Å²) in [6.45, 7) is 0.972. The summed E-state index contributed by atoms with van der Waals surface area (Å²) >= 11 is 0. The SMILES string of the molecule is NCCc1ccccc1C(=O)N1CCCCC1C(=O)O. The minimum Gasteiger partial charge on any atom is -0.480 e. The Morgan fingerprint density at radius 1 is 1.30 bits per heavy atom. The van der Waals surface area contributed by atoms with Crippen LogP contribution < -0.4 is 5.73 Å². The standard InChI is InChI=1S/C15H20N2O3/c16-9-8-11-5-1-2-6-12(11)14(18)17-10-4-3-7-13(17)15(19)20/h1-2,5-6,13H,3-4,7-10,16H2,(H,19,20). The Balaban J connectivity index is 2.27. The number of likely N-dealkylation sites (tertiary alicyclic amines) is 1. The first-order chi connectivity index (χ1) is 9.65. The molecule has 1 unspecified atom stereocenters. The molecule has 20 heavy (non-hydrogen) atoms. The number of carboxylic acids is 1. The number of carboxylic acid groups (broad SMARTS) is 1. The minimum absolute atomic E-state index is 0.193. The van der Waals surface area contributed by atoms with Gasteiger partial charge in [-0.05, 0) is 43.9 Å². The van der Waals surface area contributed by atoms with E-state index in [0.29, 0.717) is 31.5 Å². The van der Waals surface area contributed by atoms with Crippen molar-refractivity contribution in [2.75, 3.05) is 13.1 Å². The van der Waals surface area contributed by atoms with Crippen LogP contribution in [-0.2, 0) is 11.2 Å². The van der Waals surface area contributed by atoms with E-state index >= 15 is 0 Å². The highest BCUT2D eigenvalue weighted by Crippen LogP contribution is 2.21. The fraction of sp³-hybridized carbons (Fsp3) is 0.467. The minimum atomic E-state index is -0.922. The molecule has 1 fully saturated rings. The molecule has 1 aromatic carbocycles. The van der Waals surface area contributed by atoms with E-state index in [1.165, 1.54) is 4.90 Å². The highest BCUT2D eigenvalue weighted by molar-refractivity contribution is 5.98. The molecule has 2 rings (SSSR count). The summed E-state index contributed by atoms with van der Waals surface area (Å²) in [5.74, 6) is -1.12. The highest BCUT2D eigenvalue weighted by Gasteiger charge is 2.32. The predicted molar refractivity (Wildman–Crippen MR) is 75.5 cm³/mol. The zero-order valence-electron chi connectivity index (χ0n) is 11.4. The third-order valence-electron chi connectivity index (χ3n) is 3.71. The Labute approximate surface area is 118 Å². The van der Waals surface area contributed by atoms with Gasteiger partial charge in [0, 0.05) is 12.1 Å². The van der Waals surface area contributed by atoms with Crippen LogP contribution in [0.5, 0.6) is 0 Å². The Morgan fingerprint density at radius 2 is 2.05 bits per heavy atom. The van der Waals surface area contributed by atoms with Crippen molar-refractivity contribution in [2.45, 2.75) is 31.7 Å². The van der Waals surface area contributed by atoms with Crippen LogP contribution in [0.25, 0.3) is 0 Å². The lowest BCUT2D eigenvalue weighted by Gasteiger charge is -2.33. The van der Waals surface area contributed by atoms with E-state index in [0.717, 1.165) is 18.4 Å². The lowest BCUT2D eigenvalue weighted by Crippen LogP contribution is -2.48. The number of hydrogen-bond donors (Lipinski definition) is 2. The number of hydrogen-bond acceptors (Lipinski definition) is 3. The molecule has 0 saturated carbocycles. The van der Waals surface area contributed by atoms with E-state index in [9.17, 15) is 14.7 Å². The van der Waals surface area contributed by atoms with Crippen LogP contribution in [0.3, 0.4) is 0 Å². The number of piperidine rings is 1. The number of rotatable bonds is 4. The zero-order valence-corrected chi connectivity index (χ0v) is 11.4. The van der Waals surface area contributed by atoms with Crippen molar-refractivity contribution >= 4 is 11.9 Å². The smallest absolute Gasteiger partial charge is 0.326 e. The van der Waals surface area contributed by atoms with E-state index in [1.54, 1.807) is 12.1 Å². The number of aliphatic carboxylic acids is 1. The third kappa shape index (κ3) is 2.99. The van der Waals surface area contributed by atoms with Crippen molar-refractivity contribution in [1.29, 1.82) is 0 Å². The van der Waals surface area contributed by atoms with Crippen LogP contribution in [0.15, 0.2) is 24.3 Å². The molecular weight excluding hydrogens is 256 g/mol. The molecule has 0 radical (unpaired) electrons. The molecule has 1 atom stereocenters. The van der Waals surface area contributed by atoms with Gasteiger partial charge in [0.1, 0.15) is 6.04 Å². The molecular formula is C15H20N2O3. The molecule has 108 valence electrons. The summed E-state index contributed by atoms with van der Waals surface area (Å²) < 4.78 is 0. The van der Waals surface area contributed by atoms with Crippen LogP contribution in [-0.4, -0.2) is 41.0 Å². The molecule has 3 N–H and O–H groups in total. The van der Waals surface area contributed by atoms with Gasteiger partial charge in [-0.25, -0.2) is 4.79 Å². The van der Waals surface area contributed by atoms with Crippen molar-refractivity contribution in [2.24, 2.45) is 5.73 Å². The van der Waals surface area contributed by atoms with Crippen molar-refractivity contribution in [3.05, 3.63) is 35.4 Å². The molecule has 1 heterocycles. The van der Waals surface area contributed by atoms with Gasteiger partial charge in [-0.3, -0.25) is 4.79 Å². The maximum atomic E-state index is 12.6. The van der Waals surface area contributed by atoms with Gasteiger partial charge in [0.05, 0.1) is 0 Å². The molecule has 1 aliphatic rings. The third-order valence-corrected chi connectivity index (χ3v) is 3.71. The predicted octanol–water partition coefficient (Wildman–Crippen LogP) is 1.27. The van der Waals surface area contributed by atoms with Crippen LogP contribution in [0, 0.1) is 0 Å². The summed E-state index contributed by atoms with van der Waals surface area (Å²) in [5, 5.41) is 9.26. The Kier molecular flexibility index (Phi) is 4.74. The largest absolute Gasteiger partial charge is 0.480 e. The monoisotopic (exact) mass is 276 g/mol. The second-order valence-corrected chi connectivity index (χ2v) is 5.04. The first kappa shape index (κ1) is 14.5. The molecule has 1 aromatic rings. The van der Waals surface area contributed by atoms with Crippen LogP contribution in [0.4, 0.5) is 0 Å². The van der Waals surface area contributed by atoms with Crippen molar-refractivity contribution in [3.63, 3.8) is 0 Å². The van der Waals surface area contributed by atoms with Gasteiger partial charge in [0.15, 0.2) is 0 Å². The van der Waals surface area contributed by atoms with Crippen LogP contribution >= 0.6 is 0 Å². The van der Waals surface area contributed by atoms with Gasteiger partial charge in [0.25, 0.3) is 5.91 Å². The number of amides is 1. The molecule has 5 heteroatoms. The zero-order chi connectivity index (χ0) is 14.5. The summed E-state index contributed by atoms with van der Waals surface area (Å²) in [4.78, 5) is 25.4. The summed E-state index contributed by atoms with van der Waals surface area (Å²) in [6.07, 6.45) is 2.85. The maximum Gasteiger partial charge on any atom is 0.326 e. The summed E-state index contributed by atoms with van der Waals surface area (Å²) in [7, 11) is 0. The van der Waals surface area contributed by atoms with Gasteiger partial charge in [-0.15, -0.1) is 0 Å². The number of carbonyl (C=O) groups excluding carboxylic acids is 1. The molecule has 0 spiro atoms. The summed E-state index contributed by atoms with van der Waals surface area (Å²) in [5.41, 5.74) is 7.02. The number of carbonyl (C=O) groups is 2. The molecule has 0 aromatic heterocycles. The molecule has 0 bridgehead atoms. The van der Waals surface area contributed by atoms with Crippen LogP contribution in [0.1, 0.15) is 35.2 Å². The van der Waals surface area contributed by atoms with E-state index < -0.39 is 12.0 Å². The average Bonchev–Trinajstić information content (AvgIpc) is 2.47. The maximum absolute atomic E-state index is 12.6. The second kappa shape index (κ2) is 6.52. The van der Waals surface area contributed by atoms with Crippen molar-refractivity contribution < 1.29 is 14.7 Å². The Bertz CT molecular complexity index is 502. The normalized spacial score (nSPS) is 18.9.